The van der Waals surface area contributed by atoms with Gasteiger partial charge in [0.1, 0.15) is 0 Å². The van der Waals surface area contributed by atoms with Crippen LogP contribution >= 0.6 is 0 Å². The van der Waals surface area contributed by atoms with E-state index in [0.29, 0.717) is 11.8 Å². The first kappa shape index (κ1) is 14.8. The third-order valence-electron chi connectivity index (χ3n) is 5.42. The van der Waals surface area contributed by atoms with Crippen molar-refractivity contribution < 1.29 is 4.79 Å². The molecule has 1 aliphatic heterocycles. The Morgan fingerprint density at radius 3 is 2.68 bits per heavy atom. The van der Waals surface area contributed by atoms with Crippen molar-refractivity contribution in [2.24, 2.45) is 23.5 Å². The summed E-state index contributed by atoms with van der Waals surface area (Å²) < 4.78 is 0. The smallest absolute Gasteiger partial charge is 0.226 e. The van der Waals surface area contributed by atoms with Crippen molar-refractivity contribution in [2.75, 3.05) is 13.1 Å². The van der Waals surface area contributed by atoms with Gasteiger partial charge in [0.25, 0.3) is 0 Å². The van der Waals surface area contributed by atoms with E-state index in [-0.39, 0.29) is 12.0 Å². The molecule has 0 aromatic carbocycles. The van der Waals surface area contributed by atoms with E-state index < -0.39 is 0 Å². The van der Waals surface area contributed by atoms with Gasteiger partial charge in [-0.1, -0.05) is 26.7 Å². The number of hydrogen-bond donors (Lipinski definition) is 1. The van der Waals surface area contributed by atoms with Crippen LogP contribution in [0.5, 0.6) is 0 Å². The molecule has 1 heterocycles. The lowest BCUT2D eigenvalue weighted by atomic mass is 9.76. The van der Waals surface area contributed by atoms with Crippen molar-refractivity contribution >= 4 is 5.91 Å². The molecule has 0 aromatic heterocycles. The lowest BCUT2D eigenvalue weighted by Crippen LogP contribution is -2.46. The highest BCUT2D eigenvalue weighted by Gasteiger charge is 2.35. The molecule has 0 spiro atoms. The van der Waals surface area contributed by atoms with Gasteiger partial charge in [0, 0.05) is 25.0 Å². The zero-order chi connectivity index (χ0) is 13.8. The third kappa shape index (κ3) is 3.50. The molecule has 110 valence electrons. The van der Waals surface area contributed by atoms with Gasteiger partial charge in [-0.15, -0.1) is 0 Å². The third-order valence-corrected chi connectivity index (χ3v) is 5.42. The maximum Gasteiger partial charge on any atom is 0.226 e. The highest BCUT2D eigenvalue weighted by atomic mass is 16.2. The minimum Gasteiger partial charge on any atom is -0.342 e. The van der Waals surface area contributed by atoms with Crippen LogP contribution in [0, 0.1) is 17.8 Å². The molecular weight excluding hydrogens is 236 g/mol. The van der Waals surface area contributed by atoms with Crippen molar-refractivity contribution in [2.45, 2.75) is 64.8 Å². The predicted molar refractivity (Wildman–Crippen MR) is 78.7 cm³/mol. The van der Waals surface area contributed by atoms with E-state index in [4.69, 9.17) is 5.73 Å². The number of hydrogen-bond acceptors (Lipinski definition) is 2. The largest absolute Gasteiger partial charge is 0.342 e. The fraction of sp³-hybridized carbons (Fsp3) is 0.938. The second-order valence-electron chi connectivity index (χ2n) is 6.59. The average molecular weight is 266 g/mol. The summed E-state index contributed by atoms with van der Waals surface area (Å²) in [6.45, 7) is 6.37. The van der Waals surface area contributed by atoms with Crippen LogP contribution in [-0.2, 0) is 4.79 Å². The van der Waals surface area contributed by atoms with E-state index in [1.165, 1.54) is 25.7 Å². The van der Waals surface area contributed by atoms with E-state index >= 15 is 0 Å². The van der Waals surface area contributed by atoms with Crippen molar-refractivity contribution in [3.63, 3.8) is 0 Å². The highest BCUT2D eigenvalue weighted by molar-refractivity contribution is 5.79. The molecule has 1 saturated carbocycles. The molecule has 0 radical (unpaired) electrons. The van der Waals surface area contributed by atoms with E-state index in [1.54, 1.807) is 0 Å². The molecule has 19 heavy (non-hydrogen) atoms. The van der Waals surface area contributed by atoms with Crippen LogP contribution < -0.4 is 5.73 Å². The van der Waals surface area contributed by atoms with Crippen molar-refractivity contribution in [3.05, 3.63) is 0 Å². The first-order valence-corrected chi connectivity index (χ1v) is 8.17. The van der Waals surface area contributed by atoms with Gasteiger partial charge >= 0.3 is 0 Å². The Bertz CT molecular complexity index is 305. The monoisotopic (exact) mass is 266 g/mol. The normalized spacial score (nSPS) is 36.9. The molecule has 1 aliphatic carbocycles. The maximum atomic E-state index is 12.7. The highest BCUT2D eigenvalue weighted by Crippen LogP contribution is 2.31. The molecular formula is C16H30N2O. The van der Waals surface area contributed by atoms with Crippen molar-refractivity contribution in [3.8, 4) is 0 Å². The summed E-state index contributed by atoms with van der Waals surface area (Å²) in [5, 5.41) is 0. The molecule has 2 fully saturated rings. The molecule has 2 rings (SSSR count). The van der Waals surface area contributed by atoms with Gasteiger partial charge in [0.05, 0.1) is 0 Å². The van der Waals surface area contributed by atoms with Crippen molar-refractivity contribution in [1.82, 2.24) is 4.90 Å². The SMILES string of the molecule is CCC1CCCN(C(=O)C2CCCC(N)C2C)CC1. The number of carbonyl (C=O) groups excluding carboxylic acids is 1. The Hall–Kier alpha value is -0.570. The zero-order valence-electron chi connectivity index (χ0n) is 12.6. The van der Waals surface area contributed by atoms with Crippen LogP contribution in [0.2, 0.25) is 0 Å². The summed E-state index contributed by atoms with van der Waals surface area (Å²) in [5.41, 5.74) is 6.14. The molecule has 2 aliphatic rings. The standard InChI is InChI=1S/C16H30N2O/c1-3-13-6-5-10-18(11-9-13)16(19)14-7-4-8-15(17)12(14)2/h12-15H,3-11,17H2,1-2H3. The van der Waals surface area contributed by atoms with Gasteiger partial charge < -0.3 is 10.6 Å². The molecule has 1 amide bonds. The van der Waals surface area contributed by atoms with E-state index in [9.17, 15) is 4.79 Å². The summed E-state index contributed by atoms with van der Waals surface area (Å²) in [6.07, 6.45) is 8.16. The number of nitrogens with two attached hydrogens (primary N) is 1. The van der Waals surface area contributed by atoms with E-state index in [0.717, 1.165) is 38.3 Å². The van der Waals surface area contributed by atoms with Gasteiger partial charge in [-0.3, -0.25) is 4.79 Å². The minimum atomic E-state index is 0.182. The molecule has 4 atom stereocenters. The number of rotatable bonds is 2. The molecule has 3 heteroatoms. The fourth-order valence-corrected chi connectivity index (χ4v) is 3.77. The Morgan fingerprint density at radius 2 is 1.95 bits per heavy atom. The van der Waals surface area contributed by atoms with Gasteiger partial charge in [-0.05, 0) is 43.9 Å². The number of likely N-dealkylation sites (tertiary alicyclic amines) is 1. The Kier molecular flexibility index (Phi) is 5.26. The van der Waals surface area contributed by atoms with Crippen LogP contribution in [0.3, 0.4) is 0 Å². The van der Waals surface area contributed by atoms with Gasteiger partial charge in [0.15, 0.2) is 0 Å². The zero-order valence-corrected chi connectivity index (χ0v) is 12.6. The Labute approximate surface area is 117 Å². The molecule has 1 saturated heterocycles. The minimum absolute atomic E-state index is 0.182. The van der Waals surface area contributed by atoms with Crippen LogP contribution in [0.15, 0.2) is 0 Å². The topological polar surface area (TPSA) is 46.3 Å². The van der Waals surface area contributed by atoms with Gasteiger partial charge in [0.2, 0.25) is 5.91 Å². The van der Waals surface area contributed by atoms with Crippen molar-refractivity contribution in [1.29, 1.82) is 0 Å². The van der Waals surface area contributed by atoms with Gasteiger partial charge in [-0.2, -0.15) is 0 Å². The predicted octanol–water partition coefficient (Wildman–Crippen LogP) is 2.79. The first-order valence-electron chi connectivity index (χ1n) is 8.17. The van der Waals surface area contributed by atoms with E-state index in [2.05, 4.69) is 18.7 Å². The number of nitrogens with zero attached hydrogens (tertiary/aromatic N) is 1. The van der Waals surface area contributed by atoms with E-state index in [1.807, 2.05) is 0 Å². The second-order valence-corrected chi connectivity index (χ2v) is 6.59. The maximum absolute atomic E-state index is 12.7. The second kappa shape index (κ2) is 6.74. The number of carbonyl (C=O) groups is 1. The van der Waals surface area contributed by atoms with Crippen LogP contribution in [0.25, 0.3) is 0 Å². The molecule has 3 nitrogen and oxygen atoms in total. The summed E-state index contributed by atoms with van der Waals surface area (Å²) in [5.74, 6) is 1.75. The Balaban J connectivity index is 1.95. The van der Waals surface area contributed by atoms with Crippen LogP contribution in [-0.4, -0.2) is 29.9 Å². The summed E-state index contributed by atoms with van der Waals surface area (Å²) in [7, 11) is 0. The first-order chi connectivity index (χ1) is 9.13. The van der Waals surface area contributed by atoms with Crippen LogP contribution in [0.1, 0.15) is 58.8 Å². The number of amides is 1. The summed E-state index contributed by atoms with van der Waals surface area (Å²) in [4.78, 5) is 14.9. The van der Waals surface area contributed by atoms with Gasteiger partial charge in [-0.25, -0.2) is 0 Å². The Morgan fingerprint density at radius 1 is 1.16 bits per heavy atom. The molecule has 0 bridgehead atoms. The van der Waals surface area contributed by atoms with Crippen LogP contribution in [0.4, 0.5) is 0 Å². The fourth-order valence-electron chi connectivity index (χ4n) is 3.77. The lowest BCUT2D eigenvalue weighted by molar-refractivity contribution is -0.138. The average Bonchev–Trinajstić information content (AvgIpc) is 2.66. The summed E-state index contributed by atoms with van der Waals surface area (Å²) >= 11 is 0. The molecule has 2 N–H and O–H groups in total. The molecule has 0 aromatic rings. The molecule has 4 unspecified atom stereocenters. The summed E-state index contributed by atoms with van der Waals surface area (Å²) in [6, 6.07) is 0.220. The lowest BCUT2D eigenvalue weighted by Gasteiger charge is -2.36. The quantitative estimate of drug-likeness (QED) is 0.835.